The first-order valence-electron chi connectivity index (χ1n) is 6.64. The molecular formula is C15H20Br2O. The molecule has 1 saturated carbocycles. The fraction of sp³-hybridized carbons (Fsp3) is 0.600. The van der Waals surface area contributed by atoms with E-state index in [4.69, 9.17) is 0 Å². The predicted octanol–water partition coefficient (Wildman–Crippen LogP) is 5.52. The molecule has 0 amide bonds. The summed E-state index contributed by atoms with van der Waals surface area (Å²) in [6, 6.07) is 4.15. The maximum absolute atomic E-state index is 10.8. The summed E-state index contributed by atoms with van der Waals surface area (Å²) in [6.07, 6.45) is 5.46. The second-order valence-electron chi connectivity index (χ2n) is 5.45. The van der Waals surface area contributed by atoms with Crippen LogP contribution >= 0.6 is 31.9 Å². The van der Waals surface area contributed by atoms with Crippen LogP contribution in [0.4, 0.5) is 0 Å². The Morgan fingerprint density at radius 2 is 1.83 bits per heavy atom. The lowest BCUT2D eigenvalue weighted by Crippen LogP contribution is -2.25. The molecule has 1 aromatic rings. The maximum atomic E-state index is 10.8. The largest absolute Gasteiger partial charge is 0.388 e. The zero-order chi connectivity index (χ0) is 13.3. The summed E-state index contributed by atoms with van der Waals surface area (Å²) >= 11 is 7.17. The molecule has 1 aromatic carbocycles. The molecule has 1 unspecified atom stereocenters. The summed E-state index contributed by atoms with van der Waals surface area (Å²) in [5, 5.41) is 10.8. The van der Waals surface area contributed by atoms with Crippen LogP contribution in [0.3, 0.4) is 0 Å². The first-order chi connectivity index (χ1) is 8.50. The lowest BCUT2D eigenvalue weighted by atomic mass is 9.75. The molecule has 1 fully saturated rings. The number of halogens is 2. The van der Waals surface area contributed by atoms with Gasteiger partial charge in [0.1, 0.15) is 0 Å². The van der Waals surface area contributed by atoms with E-state index in [0.29, 0.717) is 0 Å². The molecule has 3 heteroatoms. The Kier molecular flexibility index (Phi) is 4.56. The number of hydrogen-bond acceptors (Lipinski definition) is 1. The van der Waals surface area contributed by atoms with Gasteiger partial charge in [0.2, 0.25) is 0 Å². The van der Waals surface area contributed by atoms with Gasteiger partial charge in [-0.2, -0.15) is 0 Å². The maximum Gasteiger partial charge on any atom is 0.0857 e. The monoisotopic (exact) mass is 374 g/mol. The Hall–Kier alpha value is 0.140. The first-order valence-corrected chi connectivity index (χ1v) is 8.22. The second kappa shape index (κ2) is 5.64. The van der Waals surface area contributed by atoms with Crippen LogP contribution in [-0.4, -0.2) is 5.11 Å². The van der Waals surface area contributed by atoms with Crippen molar-refractivity contribution in [1.82, 2.24) is 0 Å². The second-order valence-corrected chi connectivity index (χ2v) is 7.16. The third-order valence-corrected chi connectivity index (χ3v) is 6.00. The summed E-state index contributed by atoms with van der Waals surface area (Å²) in [4.78, 5) is 0. The smallest absolute Gasteiger partial charge is 0.0857 e. The van der Waals surface area contributed by atoms with Crippen molar-refractivity contribution >= 4 is 31.9 Å². The quantitative estimate of drug-likeness (QED) is 0.736. The van der Waals surface area contributed by atoms with E-state index in [0.717, 1.165) is 33.8 Å². The van der Waals surface area contributed by atoms with E-state index < -0.39 is 0 Å². The SMILES string of the molecule is CCC1(C(O)c2cc(Br)c(C)cc2Br)CCCC1. The van der Waals surface area contributed by atoms with Gasteiger partial charge in [0, 0.05) is 14.4 Å². The lowest BCUT2D eigenvalue weighted by molar-refractivity contribution is 0.0232. The van der Waals surface area contributed by atoms with E-state index in [1.54, 1.807) is 0 Å². The number of aryl methyl sites for hydroxylation is 1. The topological polar surface area (TPSA) is 20.2 Å². The average Bonchev–Trinajstić information content (AvgIpc) is 2.83. The summed E-state index contributed by atoms with van der Waals surface area (Å²) in [6.45, 7) is 4.27. The van der Waals surface area contributed by atoms with E-state index >= 15 is 0 Å². The fourth-order valence-electron chi connectivity index (χ4n) is 3.10. The van der Waals surface area contributed by atoms with Gasteiger partial charge < -0.3 is 5.11 Å². The molecular weight excluding hydrogens is 356 g/mol. The van der Waals surface area contributed by atoms with E-state index in [1.807, 2.05) is 0 Å². The Balaban J connectivity index is 2.39. The van der Waals surface area contributed by atoms with Crippen molar-refractivity contribution < 1.29 is 5.11 Å². The number of hydrogen-bond donors (Lipinski definition) is 1. The van der Waals surface area contributed by atoms with Gasteiger partial charge in [0.05, 0.1) is 6.10 Å². The molecule has 0 aliphatic heterocycles. The molecule has 18 heavy (non-hydrogen) atoms. The van der Waals surface area contributed by atoms with E-state index in [-0.39, 0.29) is 11.5 Å². The molecule has 1 aliphatic carbocycles. The Labute approximate surface area is 126 Å². The van der Waals surface area contributed by atoms with Crippen molar-refractivity contribution in [2.24, 2.45) is 5.41 Å². The van der Waals surface area contributed by atoms with Gasteiger partial charge in [-0.1, -0.05) is 51.6 Å². The van der Waals surface area contributed by atoms with Gasteiger partial charge in [-0.3, -0.25) is 0 Å². The van der Waals surface area contributed by atoms with Crippen molar-refractivity contribution in [3.05, 3.63) is 32.2 Å². The zero-order valence-electron chi connectivity index (χ0n) is 11.0. The minimum absolute atomic E-state index is 0.0806. The van der Waals surface area contributed by atoms with E-state index in [1.165, 1.54) is 18.4 Å². The standard InChI is InChI=1S/C15H20Br2O/c1-3-15(6-4-5-7-15)14(18)11-9-12(16)10(2)8-13(11)17/h8-9,14,18H,3-7H2,1-2H3. The van der Waals surface area contributed by atoms with Crippen molar-refractivity contribution in [1.29, 1.82) is 0 Å². The lowest BCUT2D eigenvalue weighted by Gasteiger charge is -2.34. The van der Waals surface area contributed by atoms with Crippen LogP contribution in [-0.2, 0) is 0 Å². The van der Waals surface area contributed by atoms with Crippen molar-refractivity contribution in [2.45, 2.75) is 52.1 Å². The Morgan fingerprint density at radius 1 is 1.22 bits per heavy atom. The average molecular weight is 376 g/mol. The van der Waals surface area contributed by atoms with E-state index in [2.05, 4.69) is 57.8 Å². The highest BCUT2D eigenvalue weighted by atomic mass is 79.9. The minimum atomic E-state index is -0.365. The minimum Gasteiger partial charge on any atom is -0.388 e. The van der Waals surface area contributed by atoms with Crippen LogP contribution in [0.5, 0.6) is 0 Å². The number of benzene rings is 1. The number of aliphatic hydroxyl groups excluding tert-OH is 1. The molecule has 0 heterocycles. The first kappa shape index (κ1) is 14.5. The summed E-state index contributed by atoms with van der Waals surface area (Å²) in [5.74, 6) is 0. The normalized spacial score (nSPS) is 20.1. The van der Waals surface area contributed by atoms with Crippen LogP contribution in [0.25, 0.3) is 0 Å². The molecule has 2 rings (SSSR count). The molecule has 1 atom stereocenters. The van der Waals surface area contributed by atoms with Gasteiger partial charge in [0.15, 0.2) is 0 Å². The summed E-state index contributed by atoms with van der Waals surface area (Å²) in [7, 11) is 0. The van der Waals surface area contributed by atoms with Crippen LogP contribution in [0.15, 0.2) is 21.1 Å². The van der Waals surface area contributed by atoms with E-state index in [9.17, 15) is 5.11 Å². The van der Waals surface area contributed by atoms with Gasteiger partial charge in [-0.15, -0.1) is 0 Å². The Morgan fingerprint density at radius 3 is 2.39 bits per heavy atom. The highest BCUT2D eigenvalue weighted by Crippen LogP contribution is 2.51. The number of aliphatic hydroxyl groups is 1. The fourth-order valence-corrected chi connectivity index (χ4v) is 4.14. The molecule has 0 spiro atoms. The van der Waals surface area contributed by atoms with Crippen LogP contribution in [0, 0.1) is 12.3 Å². The zero-order valence-corrected chi connectivity index (χ0v) is 14.1. The molecule has 1 nitrogen and oxygen atoms in total. The molecule has 0 saturated heterocycles. The van der Waals surface area contributed by atoms with Crippen LogP contribution in [0.1, 0.15) is 56.3 Å². The Bertz CT molecular complexity index is 436. The van der Waals surface area contributed by atoms with Gasteiger partial charge in [-0.25, -0.2) is 0 Å². The van der Waals surface area contributed by atoms with Crippen molar-refractivity contribution in [3.63, 3.8) is 0 Å². The van der Waals surface area contributed by atoms with Gasteiger partial charge in [-0.05, 0) is 49.4 Å². The molecule has 100 valence electrons. The molecule has 0 radical (unpaired) electrons. The molecule has 1 aliphatic rings. The van der Waals surface area contributed by atoms with Gasteiger partial charge >= 0.3 is 0 Å². The highest BCUT2D eigenvalue weighted by molar-refractivity contribution is 9.11. The summed E-state index contributed by atoms with van der Waals surface area (Å²) in [5.41, 5.74) is 2.29. The predicted molar refractivity (Wildman–Crippen MR) is 82.7 cm³/mol. The van der Waals surface area contributed by atoms with Crippen LogP contribution < -0.4 is 0 Å². The van der Waals surface area contributed by atoms with Crippen LogP contribution in [0.2, 0.25) is 0 Å². The third-order valence-electron chi connectivity index (χ3n) is 4.46. The molecule has 0 bridgehead atoms. The van der Waals surface area contributed by atoms with Crippen molar-refractivity contribution in [2.75, 3.05) is 0 Å². The molecule has 0 aromatic heterocycles. The number of rotatable bonds is 3. The highest BCUT2D eigenvalue weighted by Gasteiger charge is 2.40. The van der Waals surface area contributed by atoms with Crippen molar-refractivity contribution in [3.8, 4) is 0 Å². The third kappa shape index (κ3) is 2.54. The summed E-state index contributed by atoms with van der Waals surface area (Å²) < 4.78 is 2.10. The molecule has 1 N–H and O–H groups in total. The van der Waals surface area contributed by atoms with Gasteiger partial charge in [0.25, 0.3) is 0 Å².